The molecular weight excluding hydrogens is 346 g/mol. The summed E-state index contributed by atoms with van der Waals surface area (Å²) in [7, 11) is 1.49. The van der Waals surface area contributed by atoms with Gasteiger partial charge in [0.25, 0.3) is 5.91 Å². The molecule has 0 atom stereocenters. The summed E-state index contributed by atoms with van der Waals surface area (Å²) in [4.78, 5) is 37.7. The van der Waals surface area contributed by atoms with E-state index in [0.717, 1.165) is 16.0 Å². The number of amides is 4. The van der Waals surface area contributed by atoms with Gasteiger partial charge in [-0.3, -0.25) is 9.59 Å². The number of nitrogens with one attached hydrogen (secondary N) is 2. The van der Waals surface area contributed by atoms with E-state index >= 15 is 0 Å². The van der Waals surface area contributed by atoms with Crippen molar-refractivity contribution in [3.63, 3.8) is 0 Å². The number of carbonyl (C=O) groups is 3. The lowest BCUT2D eigenvalue weighted by molar-refractivity contribution is -0.127. The molecule has 3 rings (SSSR count). The molecule has 0 aliphatic carbocycles. The SMILES string of the molecule is COc1ccccc1NC(=O)CN1C(=O)N/C(=C/c2cccc(C)c2)C1=O. The van der Waals surface area contributed by atoms with Crippen molar-refractivity contribution in [1.29, 1.82) is 0 Å². The molecular formula is C20H19N3O4. The van der Waals surface area contributed by atoms with E-state index in [4.69, 9.17) is 4.74 Å². The van der Waals surface area contributed by atoms with Crippen LogP contribution in [0.4, 0.5) is 10.5 Å². The Kier molecular flexibility index (Phi) is 5.21. The summed E-state index contributed by atoms with van der Waals surface area (Å²) in [6.45, 7) is 1.54. The monoisotopic (exact) mass is 365 g/mol. The molecule has 1 heterocycles. The van der Waals surface area contributed by atoms with Crippen LogP contribution in [0.15, 0.2) is 54.2 Å². The Bertz CT molecular complexity index is 936. The van der Waals surface area contributed by atoms with Gasteiger partial charge in [0.2, 0.25) is 5.91 Å². The average Bonchev–Trinajstić information content (AvgIpc) is 2.89. The molecule has 2 N–H and O–H groups in total. The van der Waals surface area contributed by atoms with Gasteiger partial charge < -0.3 is 15.4 Å². The third-order valence-electron chi connectivity index (χ3n) is 4.00. The number of methoxy groups -OCH3 is 1. The maximum atomic E-state index is 12.5. The van der Waals surface area contributed by atoms with E-state index in [0.29, 0.717) is 11.4 Å². The van der Waals surface area contributed by atoms with Crippen LogP contribution in [0.1, 0.15) is 11.1 Å². The highest BCUT2D eigenvalue weighted by atomic mass is 16.5. The van der Waals surface area contributed by atoms with Crippen LogP contribution >= 0.6 is 0 Å². The number of para-hydroxylation sites is 2. The van der Waals surface area contributed by atoms with Crippen LogP contribution in [0.5, 0.6) is 5.75 Å². The highest BCUT2D eigenvalue weighted by molar-refractivity contribution is 6.16. The van der Waals surface area contributed by atoms with Crippen molar-refractivity contribution in [2.75, 3.05) is 19.0 Å². The molecule has 4 amide bonds. The van der Waals surface area contributed by atoms with Crippen LogP contribution in [-0.4, -0.2) is 36.4 Å². The van der Waals surface area contributed by atoms with Crippen LogP contribution in [0, 0.1) is 6.92 Å². The van der Waals surface area contributed by atoms with Crippen LogP contribution in [0.3, 0.4) is 0 Å². The molecule has 2 aromatic rings. The molecule has 1 saturated heterocycles. The maximum absolute atomic E-state index is 12.5. The van der Waals surface area contributed by atoms with Gasteiger partial charge >= 0.3 is 6.03 Å². The molecule has 138 valence electrons. The Morgan fingerprint density at radius 1 is 1.19 bits per heavy atom. The Morgan fingerprint density at radius 2 is 1.96 bits per heavy atom. The first-order valence-electron chi connectivity index (χ1n) is 8.32. The molecule has 0 unspecified atom stereocenters. The first-order chi connectivity index (χ1) is 13.0. The van der Waals surface area contributed by atoms with E-state index in [-0.39, 0.29) is 5.70 Å². The van der Waals surface area contributed by atoms with Gasteiger partial charge in [0.1, 0.15) is 18.0 Å². The van der Waals surface area contributed by atoms with Gasteiger partial charge in [-0.05, 0) is 30.7 Å². The van der Waals surface area contributed by atoms with Crippen LogP contribution in [0.2, 0.25) is 0 Å². The van der Waals surface area contributed by atoms with Crippen LogP contribution < -0.4 is 15.4 Å². The third kappa shape index (κ3) is 4.14. The van der Waals surface area contributed by atoms with Gasteiger partial charge in [-0.25, -0.2) is 9.69 Å². The number of aryl methyl sites for hydroxylation is 1. The second kappa shape index (κ2) is 7.74. The molecule has 0 saturated carbocycles. The van der Waals surface area contributed by atoms with Gasteiger partial charge in [0.05, 0.1) is 12.8 Å². The Morgan fingerprint density at radius 3 is 2.70 bits per heavy atom. The third-order valence-corrected chi connectivity index (χ3v) is 4.00. The normalized spacial score (nSPS) is 15.0. The Balaban J connectivity index is 1.71. The lowest BCUT2D eigenvalue weighted by Crippen LogP contribution is -2.38. The van der Waals surface area contributed by atoms with Crippen molar-refractivity contribution in [3.8, 4) is 5.75 Å². The van der Waals surface area contributed by atoms with Gasteiger partial charge in [-0.2, -0.15) is 0 Å². The summed E-state index contributed by atoms with van der Waals surface area (Å²) < 4.78 is 5.17. The maximum Gasteiger partial charge on any atom is 0.329 e. The topological polar surface area (TPSA) is 87.7 Å². The summed E-state index contributed by atoms with van der Waals surface area (Å²) in [5, 5.41) is 5.15. The van der Waals surface area contributed by atoms with E-state index in [2.05, 4.69) is 10.6 Å². The minimum Gasteiger partial charge on any atom is -0.495 e. The number of anilines is 1. The number of nitrogens with zero attached hydrogens (tertiary/aromatic N) is 1. The van der Waals surface area contributed by atoms with Crippen LogP contribution in [0.25, 0.3) is 6.08 Å². The zero-order chi connectivity index (χ0) is 19.4. The molecule has 7 nitrogen and oxygen atoms in total. The van der Waals surface area contributed by atoms with E-state index < -0.39 is 24.4 Å². The second-order valence-electron chi connectivity index (χ2n) is 6.04. The van der Waals surface area contributed by atoms with Crippen molar-refractivity contribution in [3.05, 3.63) is 65.4 Å². The Hall–Kier alpha value is -3.61. The molecule has 2 aromatic carbocycles. The molecule has 1 fully saturated rings. The summed E-state index contributed by atoms with van der Waals surface area (Å²) in [6, 6.07) is 13.8. The fourth-order valence-electron chi connectivity index (χ4n) is 2.72. The first-order valence-corrected chi connectivity index (χ1v) is 8.32. The van der Waals surface area contributed by atoms with E-state index in [1.54, 1.807) is 30.3 Å². The van der Waals surface area contributed by atoms with Crippen molar-refractivity contribution < 1.29 is 19.1 Å². The second-order valence-corrected chi connectivity index (χ2v) is 6.04. The number of benzene rings is 2. The van der Waals surface area contributed by atoms with Gasteiger partial charge in [-0.15, -0.1) is 0 Å². The number of imide groups is 1. The molecule has 27 heavy (non-hydrogen) atoms. The number of hydrogen-bond donors (Lipinski definition) is 2. The molecule has 1 aliphatic heterocycles. The first kappa shape index (κ1) is 18.2. The zero-order valence-corrected chi connectivity index (χ0v) is 15.0. The molecule has 0 aromatic heterocycles. The predicted octanol–water partition coefficient (Wildman–Crippen LogP) is 2.54. The van der Waals surface area contributed by atoms with Crippen LogP contribution in [-0.2, 0) is 9.59 Å². The number of hydrogen-bond acceptors (Lipinski definition) is 4. The Labute approximate surface area is 156 Å². The van der Waals surface area contributed by atoms with Crippen molar-refractivity contribution in [1.82, 2.24) is 10.2 Å². The highest BCUT2D eigenvalue weighted by Gasteiger charge is 2.35. The molecule has 1 aliphatic rings. The highest BCUT2D eigenvalue weighted by Crippen LogP contribution is 2.23. The summed E-state index contributed by atoms with van der Waals surface area (Å²) in [5.41, 5.74) is 2.43. The zero-order valence-electron chi connectivity index (χ0n) is 15.0. The van der Waals surface area contributed by atoms with E-state index in [1.807, 2.05) is 31.2 Å². The predicted molar refractivity (Wildman–Crippen MR) is 101 cm³/mol. The number of urea groups is 1. The summed E-state index contributed by atoms with van der Waals surface area (Å²) in [5.74, 6) is -0.556. The van der Waals surface area contributed by atoms with Gasteiger partial charge in [-0.1, -0.05) is 42.0 Å². The largest absolute Gasteiger partial charge is 0.495 e. The van der Waals surface area contributed by atoms with Gasteiger partial charge in [0, 0.05) is 0 Å². The number of rotatable bonds is 5. The molecule has 0 spiro atoms. The minimum absolute atomic E-state index is 0.135. The fraction of sp³-hybridized carbons (Fsp3) is 0.150. The lowest BCUT2D eigenvalue weighted by Gasteiger charge is -2.13. The van der Waals surface area contributed by atoms with E-state index in [9.17, 15) is 14.4 Å². The molecule has 0 bridgehead atoms. The van der Waals surface area contributed by atoms with Gasteiger partial charge in [0.15, 0.2) is 0 Å². The standard InChI is InChI=1S/C20H19N3O4/c1-13-6-5-7-14(10-13)11-16-19(25)23(20(26)22-16)12-18(24)21-15-8-3-4-9-17(15)27-2/h3-11H,12H2,1-2H3,(H,21,24)(H,22,26)/b16-11+. The quantitative estimate of drug-likeness (QED) is 0.630. The average molecular weight is 365 g/mol. The fourth-order valence-corrected chi connectivity index (χ4v) is 2.72. The van der Waals surface area contributed by atoms with Crippen molar-refractivity contribution in [2.45, 2.75) is 6.92 Å². The number of ether oxygens (including phenoxy) is 1. The smallest absolute Gasteiger partial charge is 0.329 e. The number of carbonyl (C=O) groups excluding carboxylic acids is 3. The van der Waals surface area contributed by atoms with Crippen molar-refractivity contribution in [2.24, 2.45) is 0 Å². The summed E-state index contributed by atoms with van der Waals surface area (Å²) in [6.07, 6.45) is 1.59. The summed E-state index contributed by atoms with van der Waals surface area (Å²) >= 11 is 0. The lowest BCUT2D eigenvalue weighted by atomic mass is 10.1. The minimum atomic E-state index is -0.630. The molecule has 7 heteroatoms. The molecule has 0 radical (unpaired) electrons. The van der Waals surface area contributed by atoms with Crippen molar-refractivity contribution >= 4 is 29.6 Å². The van der Waals surface area contributed by atoms with E-state index in [1.165, 1.54) is 7.11 Å².